The number of aromatic amines is 1. The van der Waals surface area contributed by atoms with Gasteiger partial charge in [-0.05, 0) is 30.5 Å². The third-order valence-electron chi connectivity index (χ3n) is 3.48. The highest BCUT2D eigenvalue weighted by atomic mass is 19.1. The average Bonchev–Trinajstić information content (AvgIpc) is 2.78. The topological polar surface area (TPSA) is 56.6 Å². The van der Waals surface area contributed by atoms with Crippen LogP contribution in [-0.2, 0) is 13.1 Å². The molecule has 1 heterocycles. The van der Waals surface area contributed by atoms with Gasteiger partial charge in [0.1, 0.15) is 6.67 Å². The number of halogens is 1. The van der Waals surface area contributed by atoms with E-state index < -0.39 is 6.67 Å². The molecule has 0 aliphatic heterocycles. The van der Waals surface area contributed by atoms with E-state index in [4.69, 9.17) is 5.26 Å². The first-order chi connectivity index (χ1) is 8.74. The lowest BCUT2D eigenvalue weighted by molar-refractivity contribution is 0.0968. The minimum atomic E-state index is -0.639. The largest absolute Gasteiger partial charge is 0.352 e. The van der Waals surface area contributed by atoms with Gasteiger partial charge in [0.15, 0.2) is 5.78 Å². The van der Waals surface area contributed by atoms with Crippen molar-refractivity contribution in [1.29, 1.82) is 5.26 Å². The highest BCUT2D eigenvalue weighted by Gasteiger charge is 2.23. The van der Waals surface area contributed by atoms with Gasteiger partial charge < -0.3 is 4.98 Å². The van der Waals surface area contributed by atoms with Crippen molar-refractivity contribution in [3.05, 3.63) is 34.5 Å². The summed E-state index contributed by atoms with van der Waals surface area (Å²) in [6.07, 6.45) is 2.16. The zero-order valence-corrected chi connectivity index (χ0v) is 9.72. The number of hydrogen-bond donors (Lipinski definition) is 1. The van der Waals surface area contributed by atoms with Crippen molar-refractivity contribution in [2.45, 2.75) is 25.9 Å². The van der Waals surface area contributed by atoms with Crippen LogP contribution in [-0.4, -0.2) is 10.8 Å². The fourth-order valence-electron chi connectivity index (χ4n) is 2.64. The molecule has 0 radical (unpaired) electrons. The molecule has 0 saturated heterocycles. The lowest BCUT2D eigenvalue weighted by atomic mass is 9.94. The molecule has 2 aromatic rings. The predicted octanol–water partition coefficient (Wildman–Crippen LogP) is 3.03. The number of carbonyl (C=O) groups is 1. The van der Waals surface area contributed by atoms with Crippen LogP contribution in [0.15, 0.2) is 12.1 Å². The standard InChI is InChI=1S/C14H11FN2O/c15-6-9-4-8(7-16)5-11-10-2-1-3-12(18)14(10)17-13(9)11/h4-5,17H,1-3,6H2. The molecule has 0 atom stereocenters. The van der Waals surface area contributed by atoms with Crippen molar-refractivity contribution in [1.82, 2.24) is 4.98 Å². The molecular formula is C14H11FN2O. The van der Waals surface area contributed by atoms with Gasteiger partial charge in [0.05, 0.1) is 22.8 Å². The molecule has 0 bridgehead atoms. The van der Waals surface area contributed by atoms with E-state index in [9.17, 15) is 9.18 Å². The summed E-state index contributed by atoms with van der Waals surface area (Å²) in [7, 11) is 0. The molecule has 0 saturated carbocycles. The lowest BCUT2D eigenvalue weighted by Crippen LogP contribution is -2.09. The number of nitrogens with zero attached hydrogens (tertiary/aromatic N) is 1. The van der Waals surface area contributed by atoms with Gasteiger partial charge in [-0.1, -0.05) is 0 Å². The third kappa shape index (κ3) is 1.44. The number of alkyl halides is 1. The Morgan fingerprint density at radius 3 is 2.94 bits per heavy atom. The molecule has 1 aliphatic carbocycles. The SMILES string of the molecule is N#Cc1cc(CF)c2[nH]c3c(c2c1)CCCC3=O. The van der Waals surface area contributed by atoms with Crippen molar-refractivity contribution in [3.8, 4) is 6.07 Å². The molecule has 1 N–H and O–H groups in total. The number of ketones is 1. The van der Waals surface area contributed by atoms with Crippen LogP contribution in [0.1, 0.15) is 40.0 Å². The minimum Gasteiger partial charge on any atom is -0.352 e. The van der Waals surface area contributed by atoms with Crippen LogP contribution in [0.3, 0.4) is 0 Å². The Balaban J connectivity index is 2.38. The fraction of sp³-hybridized carbons (Fsp3) is 0.286. The van der Waals surface area contributed by atoms with Crippen molar-refractivity contribution in [3.63, 3.8) is 0 Å². The zero-order chi connectivity index (χ0) is 12.7. The number of carbonyl (C=O) groups excluding carboxylic acids is 1. The first-order valence-corrected chi connectivity index (χ1v) is 5.91. The summed E-state index contributed by atoms with van der Waals surface area (Å²) in [5.41, 5.74) is 3.09. The Hall–Kier alpha value is -2.15. The van der Waals surface area contributed by atoms with Crippen LogP contribution in [0.4, 0.5) is 4.39 Å². The molecular weight excluding hydrogens is 231 g/mol. The molecule has 18 heavy (non-hydrogen) atoms. The monoisotopic (exact) mass is 242 g/mol. The predicted molar refractivity (Wildman–Crippen MR) is 65.1 cm³/mol. The highest BCUT2D eigenvalue weighted by Crippen LogP contribution is 2.32. The second-order valence-corrected chi connectivity index (χ2v) is 4.56. The van der Waals surface area contributed by atoms with Gasteiger partial charge in [-0.3, -0.25) is 4.79 Å². The molecule has 0 spiro atoms. The minimum absolute atomic E-state index is 0.0794. The third-order valence-corrected chi connectivity index (χ3v) is 3.48. The number of H-pyrrole nitrogens is 1. The Kier molecular flexibility index (Phi) is 2.41. The molecule has 3 nitrogen and oxygen atoms in total. The Bertz CT molecular complexity index is 694. The summed E-state index contributed by atoms with van der Waals surface area (Å²) >= 11 is 0. The second-order valence-electron chi connectivity index (χ2n) is 4.56. The maximum Gasteiger partial charge on any atom is 0.179 e. The summed E-state index contributed by atoms with van der Waals surface area (Å²) in [5.74, 6) is 0.0794. The first-order valence-electron chi connectivity index (χ1n) is 5.91. The number of Topliss-reactive ketones (excluding diaryl/α,β-unsaturated/α-hetero) is 1. The maximum atomic E-state index is 13.0. The van der Waals surface area contributed by atoms with Crippen LogP contribution in [0.2, 0.25) is 0 Å². The van der Waals surface area contributed by atoms with Crippen molar-refractivity contribution < 1.29 is 9.18 Å². The highest BCUT2D eigenvalue weighted by molar-refractivity contribution is 6.04. The van der Waals surface area contributed by atoms with E-state index in [-0.39, 0.29) is 5.78 Å². The van der Waals surface area contributed by atoms with E-state index in [2.05, 4.69) is 4.98 Å². The van der Waals surface area contributed by atoms with Gasteiger partial charge in [0.25, 0.3) is 0 Å². The van der Waals surface area contributed by atoms with Gasteiger partial charge in [0, 0.05) is 17.4 Å². The fourth-order valence-corrected chi connectivity index (χ4v) is 2.64. The number of nitrogens with one attached hydrogen (secondary N) is 1. The lowest BCUT2D eigenvalue weighted by Gasteiger charge is -2.09. The molecule has 1 aliphatic rings. The molecule has 0 amide bonds. The van der Waals surface area contributed by atoms with E-state index in [1.165, 1.54) is 6.07 Å². The zero-order valence-electron chi connectivity index (χ0n) is 9.72. The Morgan fingerprint density at radius 1 is 1.39 bits per heavy atom. The molecule has 0 fully saturated rings. The van der Waals surface area contributed by atoms with E-state index >= 15 is 0 Å². The average molecular weight is 242 g/mol. The van der Waals surface area contributed by atoms with Gasteiger partial charge in [-0.2, -0.15) is 5.26 Å². The number of hydrogen-bond acceptors (Lipinski definition) is 2. The number of fused-ring (bicyclic) bond motifs is 3. The van der Waals surface area contributed by atoms with Crippen LogP contribution >= 0.6 is 0 Å². The second kappa shape index (κ2) is 3.95. The number of aromatic nitrogens is 1. The van der Waals surface area contributed by atoms with Crippen LogP contribution in [0.5, 0.6) is 0 Å². The molecule has 90 valence electrons. The van der Waals surface area contributed by atoms with E-state index in [1.54, 1.807) is 6.07 Å². The van der Waals surface area contributed by atoms with E-state index in [0.29, 0.717) is 28.8 Å². The molecule has 1 aromatic carbocycles. The number of rotatable bonds is 1. The summed E-state index contributed by atoms with van der Waals surface area (Å²) < 4.78 is 13.0. The van der Waals surface area contributed by atoms with Gasteiger partial charge >= 0.3 is 0 Å². The number of nitriles is 1. The van der Waals surface area contributed by atoms with E-state index in [0.717, 1.165) is 23.8 Å². The molecule has 1 aromatic heterocycles. The van der Waals surface area contributed by atoms with Crippen LogP contribution in [0, 0.1) is 11.3 Å². The van der Waals surface area contributed by atoms with Gasteiger partial charge in [-0.25, -0.2) is 4.39 Å². The maximum absolute atomic E-state index is 13.0. The van der Waals surface area contributed by atoms with E-state index in [1.807, 2.05) is 6.07 Å². The quantitative estimate of drug-likeness (QED) is 0.835. The summed E-state index contributed by atoms with van der Waals surface area (Å²) in [6.45, 7) is -0.639. The summed E-state index contributed by atoms with van der Waals surface area (Å²) in [4.78, 5) is 14.9. The first kappa shape index (κ1) is 11.0. The van der Waals surface area contributed by atoms with Crippen LogP contribution < -0.4 is 0 Å². The summed E-state index contributed by atoms with van der Waals surface area (Å²) in [5, 5.41) is 9.78. The molecule has 0 unspecified atom stereocenters. The van der Waals surface area contributed by atoms with Crippen molar-refractivity contribution >= 4 is 16.7 Å². The number of aryl methyl sites for hydroxylation is 1. The number of benzene rings is 1. The Labute approximate surface area is 103 Å². The normalized spacial score (nSPS) is 14.6. The van der Waals surface area contributed by atoms with Gasteiger partial charge in [-0.15, -0.1) is 0 Å². The summed E-state index contributed by atoms with van der Waals surface area (Å²) in [6, 6.07) is 5.31. The van der Waals surface area contributed by atoms with Crippen molar-refractivity contribution in [2.75, 3.05) is 0 Å². The Morgan fingerprint density at radius 2 is 2.22 bits per heavy atom. The smallest absolute Gasteiger partial charge is 0.179 e. The van der Waals surface area contributed by atoms with Gasteiger partial charge in [0.2, 0.25) is 0 Å². The van der Waals surface area contributed by atoms with Crippen molar-refractivity contribution in [2.24, 2.45) is 0 Å². The molecule has 4 heteroatoms. The van der Waals surface area contributed by atoms with Crippen LogP contribution in [0.25, 0.3) is 10.9 Å². The molecule has 3 rings (SSSR count).